The molecule has 0 fully saturated rings. The lowest BCUT2D eigenvalue weighted by Crippen LogP contribution is -1.96. The second-order valence-electron chi connectivity index (χ2n) is 4.51. The molecule has 0 saturated heterocycles. The van der Waals surface area contributed by atoms with Crippen molar-refractivity contribution in [1.82, 2.24) is 9.55 Å². The van der Waals surface area contributed by atoms with Gasteiger partial charge >= 0.3 is 0 Å². The van der Waals surface area contributed by atoms with Crippen LogP contribution in [0.2, 0.25) is 5.02 Å². The maximum absolute atomic E-state index is 11.1. The van der Waals surface area contributed by atoms with Crippen LogP contribution in [0.25, 0.3) is 16.4 Å². The van der Waals surface area contributed by atoms with Crippen LogP contribution >= 0.6 is 34.7 Å². The van der Waals surface area contributed by atoms with Crippen LogP contribution < -0.4 is 0 Å². The first kappa shape index (κ1) is 15.3. The molecule has 0 bridgehead atoms. The van der Waals surface area contributed by atoms with Gasteiger partial charge in [-0.05, 0) is 36.1 Å². The monoisotopic (exact) mass is 348 g/mol. The molecule has 0 aliphatic rings. The normalized spacial score (nSPS) is 10.8. The van der Waals surface area contributed by atoms with Gasteiger partial charge in [-0.1, -0.05) is 18.5 Å². The Morgan fingerprint density at radius 2 is 2.27 bits per heavy atom. The van der Waals surface area contributed by atoms with Crippen LogP contribution in [0, 0.1) is 0 Å². The van der Waals surface area contributed by atoms with Crippen molar-refractivity contribution in [2.75, 3.05) is 5.75 Å². The van der Waals surface area contributed by atoms with E-state index in [0.717, 1.165) is 33.3 Å². The summed E-state index contributed by atoms with van der Waals surface area (Å²) in [6, 6.07) is 9.47. The number of thiazole rings is 1. The van der Waals surface area contributed by atoms with Gasteiger partial charge in [0.05, 0.1) is 11.4 Å². The van der Waals surface area contributed by atoms with Crippen LogP contribution in [0.1, 0.15) is 17.4 Å². The molecule has 0 N–H and O–H groups in total. The molecule has 2 aromatic heterocycles. The maximum Gasteiger partial charge on any atom is 0.194 e. The molecule has 1 aromatic carbocycles. The lowest BCUT2D eigenvalue weighted by molar-refractivity contribution is 0.111. The second kappa shape index (κ2) is 6.69. The predicted molar refractivity (Wildman–Crippen MR) is 93.7 cm³/mol. The van der Waals surface area contributed by atoms with E-state index in [1.807, 2.05) is 35.8 Å². The highest BCUT2D eigenvalue weighted by atomic mass is 35.5. The number of aromatic nitrogens is 2. The van der Waals surface area contributed by atoms with E-state index in [2.05, 4.69) is 11.9 Å². The van der Waals surface area contributed by atoms with E-state index >= 15 is 0 Å². The Morgan fingerprint density at radius 1 is 1.41 bits per heavy atom. The molecule has 112 valence electrons. The lowest BCUT2D eigenvalue weighted by Gasteiger charge is -2.06. The highest BCUT2D eigenvalue weighted by Crippen LogP contribution is 2.35. The molecular formula is C16H13ClN2OS2. The summed E-state index contributed by atoms with van der Waals surface area (Å²) < 4.78 is 1.79. The number of benzene rings is 1. The zero-order valence-corrected chi connectivity index (χ0v) is 14.2. The van der Waals surface area contributed by atoms with Gasteiger partial charge in [0.2, 0.25) is 0 Å². The van der Waals surface area contributed by atoms with Gasteiger partial charge in [-0.15, -0.1) is 23.1 Å². The zero-order valence-electron chi connectivity index (χ0n) is 11.8. The zero-order chi connectivity index (χ0) is 15.5. The lowest BCUT2D eigenvalue weighted by atomic mass is 10.2. The topological polar surface area (TPSA) is 34.9 Å². The fourth-order valence-electron chi connectivity index (χ4n) is 2.15. The minimum Gasteiger partial charge on any atom is -0.296 e. The van der Waals surface area contributed by atoms with Gasteiger partial charge in [-0.25, -0.2) is 4.98 Å². The molecule has 0 aliphatic carbocycles. The van der Waals surface area contributed by atoms with Crippen molar-refractivity contribution in [1.29, 1.82) is 0 Å². The minimum absolute atomic E-state index is 0.593. The average Bonchev–Trinajstić information content (AvgIpc) is 3.17. The smallest absolute Gasteiger partial charge is 0.194 e. The molecule has 0 atom stereocenters. The first-order valence-corrected chi connectivity index (χ1v) is 8.98. The quantitative estimate of drug-likeness (QED) is 0.470. The number of aldehydes is 1. The number of hydrogen-bond donors (Lipinski definition) is 0. The van der Waals surface area contributed by atoms with Crippen molar-refractivity contribution in [3.63, 3.8) is 0 Å². The third kappa shape index (κ3) is 2.97. The number of halogens is 1. The molecule has 0 unspecified atom stereocenters. The Balaban J connectivity index is 2.04. The molecule has 22 heavy (non-hydrogen) atoms. The SMILES string of the molecule is CCSc1ccc(Cl)cc1-c1csc(-n2cccc2C=O)n1. The summed E-state index contributed by atoms with van der Waals surface area (Å²) in [7, 11) is 0. The Morgan fingerprint density at radius 3 is 3.05 bits per heavy atom. The third-order valence-electron chi connectivity index (χ3n) is 3.12. The van der Waals surface area contributed by atoms with Gasteiger partial charge in [-0.3, -0.25) is 9.36 Å². The summed E-state index contributed by atoms with van der Waals surface area (Å²) in [5.74, 6) is 0.985. The van der Waals surface area contributed by atoms with E-state index < -0.39 is 0 Å². The van der Waals surface area contributed by atoms with E-state index in [1.54, 1.807) is 22.4 Å². The van der Waals surface area contributed by atoms with E-state index in [4.69, 9.17) is 11.6 Å². The highest BCUT2D eigenvalue weighted by Gasteiger charge is 2.12. The van der Waals surface area contributed by atoms with E-state index in [1.165, 1.54) is 11.3 Å². The van der Waals surface area contributed by atoms with Gasteiger partial charge in [0.25, 0.3) is 0 Å². The van der Waals surface area contributed by atoms with Crippen LogP contribution in [-0.4, -0.2) is 21.6 Å². The molecule has 3 rings (SSSR count). The Hall–Kier alpha value is -1.56. The van der Waals surface area contributed by atoms with Crippen LogP contribution in [0.4, 0.5) is 0 Å². The molecule has 0 amide bonds. The van der Waals surface area contributed by atoms with Crippen LogP contribution in [0.15, 0.2) is 46.8 Å². The van der Waals surface area contributed by atoms with E-state index in [-0.39, 0.29) is 0 Å². The fraction of sp³-hybridized carbons (Fsp3) is 0.125. The summed E-state index contributed by atoms with van der Waals surface area (Å²) in [6.07, 6.45) is 2.67. The standard InChI is InChI=1S/C16H13ClN2OS2/c1-2-21-15-6-5-11(17)8-13(15)14-10-22-16(18-14)19-7-3-4-12(19)9-20/h3-10H,2H2,1H3. The molecule has 0 spiro atoms. The Kier molecular flexibility index (Phi) is 4.66. The number of nitrogens with zero attached hydrogens (tertiary/aromatic N) is 2. The summed E-state index contributed by atoms with van der Waals surface area (Å²) >= 11 is 9.40. The van der Waals surface area contributed by atoms with Crippen molar-refractivity contribution in [2.24, 2.45) is 0 Å². The molecule has 2 heterocycles. The first-order chi connectivity index (χ1) is 10.7. The largest absolute Gasteiger partial charge is 0.296 e. The van der Waals surface area contributed by atoms with Gasteiger partial charge < -0.3 is 0 Å². The van der Waals surface area contributed by atoms with Crippen molar-refractivity contribution < 1.29 is 4.79 Å². The molecule has 3 aromatic rings. The van der Waals surface area contributed by atoms with Crippen molar-refractivity contribution in [2.45, 2.75) is 11.8 Å². The highest BCUT2D eigenvalue weighted by molar-refractivity contribution is 7.99. The third-order valence-corrected chi connectivity index (χ3v) is 5.15. The predicted octanol–water partition coefficient (Wildman–Crippen LogP) is 5.18. The van der Waals surface area contributed by atoms with Crippen molar-refractivity contribution >= 4 is 41.0 Å². The van der Waals surface area contributed by atoms with Gasteiger partial charge in [0.15, 0.2) is 11.4 Å². The second-order valence-corrected chi connectivity index (χ2v) is 7.09. The molecule has 3 nitrogen and oxygen atoms in total. The molecule has 6 heteroatoms. The van der Waals surface area contributed by atoms with Gasteiger partial charge in [-0.2, -0.15) is 0 Å². The molecule has 0 saturated carbocycles. The minimum atomic E-state index is 0.593. The Bertz CT molecular complexity index is 810. The van der Waals surface area contributed by atoms with Crippen LogP contribution in [0.5, 0.6) is 0 Å². The molecule has 0 radical (unpaired) electrons. The summed E-state index contributed by atoms with van der Waals surface area (Å²) in [5, 5.41) is 3.46. The summed E-state index contributed by atoms with van der Waals surface area (Å²) in [5.41, 5.74) is 2.50. The van der Waals surface area contributed by atoms with Gasteiger partial charge in [0.1, 0.15) is 0 Å². The number of hydrogen-bond acceptors (Lipinski definition) is 4. The number of carbonyl (C=O) groups excluding carboxylic acids is 1. The van der Waals surface area contributed by atoms with E-state index in [9.17, 15) is 4.79 Å². The number of rotatable bonds is 5. The number of carbonyl (C=O) groups is 1. The van der Waals surface area contributed by atoms with Crippen molar-refractivity contribution in [3.8, 4) is 16.4 Å². The van der Waals surface area contributed by atoms with Gasteiger partial charge in [0, 0.05) is 27.1 Å². The van der Waals surface area contributed by atoms with E-state index in [0.29, 0.717) is 10.7 Å². The summed E-state index contributed by atoms with van der Waals surface area (Å²) in [4.78, 5) is 16.9. The van der Waals surface area contributed by atoms with Crippen LogP contribution in [0.3, 0.4) is 0 Å². The van der Waals surface area contributed by atoms with Crippen LogP contribution in [-0.2, 0) is 0 Å². The first-order valence-electron chi connectivity index (χ1n) is 6.74. The van der Waals surface area contributed by atoms with Crippen molar-refractivity contribution in [3.05, 3.63) is 52.6 Å². The fourth-order valence-corrected chi connectivity index (χ4v) is 3.94. The maximum atomic E-state index is 11.1. The average molecular weight is 349 g/mol. The molecular weight excluding hydrogens is 336 g/mol. The molecule has 0 aliphatic heterocycles. The summed E-state index contributed by atoms with van der Waals surface area (Å²) in [6.45, 7) is 2.12. The Labute approximate surface area is 142 Å². The number of thioether (sulfide) groups is 1.